The summed E-state index contributed by atoms with van der Waals surface area (Å²) in [4.78, 5) is 53.6. The number of nitrogens with one attached hydrogen (secondary N) is 2. The SMILES string of the molecule is Cc1nc2ccc(CNC(=O)c3ccc(C(F)(F)F)cc3)cc2c(=O)n1[C@H]1CCC(=O)NC1=O. The first-order valence-corrected chi connectivity index (χ1v) is 10.4. The van der Waals surface area contributed by atoms with Crippen molar-refractivity contribution in [3.05, 3.63) is 75.3 Å². The minimum absolute atomic E-state index is 0.0154. The highest BCUT2D eigenvalue weighted by Gasteiger charge is 2.31. The van der Waals surface area contributed by atoms with Crippen molar-refractivity contribution < 1.29 is 27.6 Å². The zero-order chi connectivity index (χ0) is 24.6. The van der Waals surface area contributed by atoms with Gasteiger partial charge in [0.2, 0.25) is 11.8 Å². The highest BCUT2D eigenvalue weighted by Crippen LogP contribution is 2.29. The van der Waals surface area contributed by atoms with Crippen LogP contribution in [0.15, 0.2) is 47.3 Å². The van der Waals surface area contributed by atoms with Gasteiger partial charge in [-0.2, -0.15) is 13.2 Å². The summed E-state index contributed by atoms with van der Waals surface area (Å²) < 4.78 is 39.3. The van der Waals surface area contributed by atoms with Crippen LogP contribution in [0.2, 0.25) is 0 Å². The van der Waals surface area contributed by atoms with Gasteiger partial charge in [0, 0.05) is 18.5 Å². The lowest BCUT2D eigenvalue weighted by atomic mass is 10.0. The standard InChI is InChI=1S/C23H19F3N4O4/c1-12-28-17-7-2-13(11-27-20(32)14-3-5-15(6-4-14)23(24,25)26)10-16(17)22(34)30(12)18-8-9-19(31)29-21(18)33/h2-7,10,18H,8-9,11H2,1H3,(H,27,32)(H,29,31,33)/t18-/m0/s1. The number of amides is 3. The molecule has 34 heavy (non-hydrogen) atoms. The van der Waals surface area contributed by atoms with Crippen LogP contribution in [-0.2, 0) is 22.3 Å². The molecule has 0 bridgehead atoms. The summed E-state index contributed by atoms with van der Waals surface area (Å²) in [6, 6.07) is 7.79. The van der Waals surface area contributed by atoms with Crippen molar-refractivity contribution in [2.45, 2.75) is 38.5 Å². The molecule has 4 rings (SSSR count). The lowest BCUT2D eigenvalue weighted by Gasteiger charge is -2.24. The zero-order valence-electron chi connectivity index (χ0n) is 17.9. The van der Waals surface area contributed by atoms with Gasteiger partial charge < -0.3 is 5.32 Å². The van der Waals surface area contributed by atoms with E-state index in [0.29, 0.717) is 16.9 Å². The fourth-order valence-electron chi connectivity index (χ4n) is 3.86. The number of carbonyl (C=O) groups is 3. The van der Waals surface area contributed by atoms with E-state index in [9.17, 15) is 32.3 Å². The second kappa shape index (κ2) is 8.73. The summed E-state index contributed by atoms with van der Waals surface area (Å²) >= 11 is 0. The average Bonchev–Trinajstić information content (AvgIpc) is 2.78. The molecule has 0 saturated carbocycles. The molecule has 0 unspecified atom stereocenters. The van der Waals surface area contributed by atoms with Gasteiger partial charge in [0.05, 0.1) is 16.5 Å². The molecule has 176 valence electrons. The Balaban J connectivity index is 1.56. The van der Waals surface area contributed by atoms with E-state index >= 15 is 0 Å². The van der Waals surface area contributed by atoms with Gasteiger partial charge in [-0.15, -0.1) is 0 Å². The summed E-state index contributed by atoms with van der Waals surface area (Å²) in [5, 5.41) is 5.07. The first-order chi connectivity index (χ1) is 16.0. The topological polar surface area (TPSA) is 110 Å². The Hall–Kier alpha value is -4.02. The molecule has 3 aromatic rings. The molecule has 0 spiro atoms. The van der Waals surface area contributed by atoms with Gasteiger partial charge in [0.1, 0.15) is 11.9 Å². The first kappa shape index (κ1) is 23.1. The number of alkyl halides is 3. The molecule has 1 aliphatic rings. The van der Waals surface area contributed by atoms with Crippen molar-refractivity contribution in [2.75, 3.05) is 0 Å². The minimum atomic E-state index is -4.49. The summed E-state index contributed by atoms with van der Waals surface area (Å²) in [5.41, 5.74) is -0.276. The molecule has 1 aliphatic heterocycles. The molecular formula is C23H19F3N4O4. The van der Waals surface area contributed by atoms with Crippen molar-refractivity contribution in [3.63, 3.8) is 0 Å². The lowest BCUT2D eigenvalue weighted by Crippen LogP contribution is -2.45. The third-order valence-electron chi connectivity index (χ3n) is 5.59. The first-order valence-electron chi connectivity index (χ1n) is 10.4. The zero-order valence-corrected chi connectivity index (χ0v) is 17.9. The second-order valence-electron chi connectivity index (χ2n) is 7.91. The second-order valence-corrected chi connectivity index (χ2v) is 7.91. The minimum Gasteiger partial charge on any atom is -0.348 e. The summed E-state index contributed by atoms with van der Waals surface area (Å²) in [7, 11) is 0. The number of aryl methyl sites for hydroxylation is 1. The van der Waals surface area contributed by atoms with Crippen LogP contribution in [0.5, 0.6) is 0 Å². The number of piperidine rings is 1. The Kier molecular flexibility index (Phi) is 5.94. The molecule has 11 heteroatoms. The third kappa shape index (κ3) is 4.54. The quantitative estimate of drug-likeness (QED) is 0.568. The molecule has 2 N–H and O–H groups in total. The van der Waals surface area contributed by atoms with Crippen LogP contribution in [-0.4, -0.2) is 27.3 Å². The van der Waals surface area contributed by atoms with Crippen molar-refractivity contribution in [1.82, 2.24) is 20.2 Å². The van der Waals surface area contributed by atoms with Crippen LogP contribution in [0.4, 0.5) is 13.2 Å². The molecule has 3 amide bonds. The van der Waals surface area contributed by atoms with Gasteiger partial charge in [-0.25, -0.2) is 4.98 Å². The fourth-order valence-corrected chi connectivity index (χ4v) is 3.86. The van der Waals surface area contributed by atoms with E-state index in [1.165, 1.54) is 4.57 Å². The highest BCUT2D eigenvalue weighted by molar-refractivity contribution is 5.99. The molecule has 1 saturated heterocycles. The van der Waals surface area contributed by atoms with Gasteiger partial charge in [-0.3, -0.25) is 29.1 Å². The number of aromatic nitrogens is 2. The van der Waals surface area contributed by atoms with Crippen molar-refractivity contribution >= 4 is 28.6 Å². The molecule has 1 atom stereocenters. The maximum Gasteiger partial charge on any atom is 0.416 e. The van der Waals surface area contributed by atoms with Crippen molar-refractivity contribution in [2.24, 2.45) is 0 Å². The van der Waals surface area contributed by atoms with E-state index < -0.39 is 41.1 Å². The van der Waals surface area contributed by atoms with Gasteiger partial charge in [-0.1, -0.05) is 6.07 Å². The molecule has 2 heterocycles. The summed E-state index contributed by atoms with van der Waals surface area (Å²) in [6.45, 7) is 1.62. The molecule has 0 radical (unpaired) electrons. The monoisotopic (exact) mass is 472 g/mol. The maximum absolute atomic E-state index is 13.2. The van der Waals surface area contributed by atoms with Crippen LogP contribution in [0.25, 0.3) is 10.9 Å². The van der Waals surface area contributed by atoms with Crippen molar-refractivity contribution in [3.8, 4) is 0 Å². The van der Waals surface area contributed by atoms with Crippen LogP contribution in [0.3, 0.4) is 0 Å². The fraction of sp³-hybridized carbons (Fsp3) is 0.261. The van der Waals surface area contributed by atoms with E-state index in [1.54, 1.807) is 25.1 Å². The number of carbonyl (C=O) groups excluding carboxylic acids is 3. The third-order valence-corrected chi connectivity index (χ3v) is 5.59. The van der Waals surface area contributed by atoms with E-state index in [2.05, 4.69) is 15.6 Å². The summed E-state index contributed by atoms with van der Waals surface area (Å²) in [5.74, 6) is -1.21. The molecule has 8 nitrogen and oxygen atoms in total. The molecule has 0 aliphatic carbocycles. The van der Waals surface area contributed by atoms with E-state index in [4.69, 9.17) is 0 Å². The number of rotatable bonds is 4. The van der Waals surface area contributed by atoms with E-state index in [0.717, 1.165) is 24.3 Å². The van der Waals surface area contributed by atoms with Crippen LogP contribution >= 0.6 is 0 Å². The van der Waals surface area contributed by atoms with Crippen LogP contribution in [0, 0.1) is 6.92 Å². The van der Waals surface area contributed by atoms with Crippen molar-refractivity contribution in [1.29, 1.82) is 0 Å². The number of benzene rings is 2. The molecule has 2 aromatic carbocycles. The van der Waals surface area contributed by atoms with Crippen LogP contribution < -0.4 is 16.2 Å². The van der Waals surface area contributed by atoms with E-state index in [-0.39, 0.29) is 30.3 Å². The highest BCUT2D eigenvalue weighted by atomic mass is 19.4. The normalized spacial score (nSPS) is 16.4. The Morgan fingerprint density at radius 2 is 1.85 bits per heavy atom. The largest absolute Gasteiger partial charge is 0.416 e. The average molecular weight is 472 g/mol. The lowest BCUT2D eigenvalue weighted by molar-refractivity contribution is -0.138. The van der Waals surface area contributed by atoms with Gasteiger partial charge in [0.25, 0.3) is 11.5 Å². The van der Waals surface area contributed by atoms with Gasteiger partial charge in [-0.05, 0) is 55.3 Å². The van der Waals surface area contributed by atoms with Gasteiger partial charge in [0.15, 0.2) is 0 Å². The Morgan fingerprint density at radius 3 is 2.50 bits per heavy atom. The number of fused-ring (bicyclic) bond motifs is 1. The smallest absolute Gasteiger partial charge is 0.348 e. The van der Waals surface area contributed by atoms with Crippen LogP contribution in [0.1, 0.15) is 46.2 Å². The summed E-state index contributed by atoms with van der Waals surface area (Å²) in [6.07, 6.45) is -4.20. The maximum atomic E-state index is 13.2. The Bertz CT molecular complexity index is 1360. The predicted molar refractivity (Wildman–Crippen MR) is 115 cm³/mol. The number of imide groups is 1. The van der Waals surface area contributed by atoms with E-state index in [1.807, 2.05) is 0 Å². The van der Waals surface area contributed by atoms with Gasteiger partial charge >= 0.3 is 6.18 Å². The number of hydrogen-bond acceptors (Lipinski definition) is 5. The Morgan fingerprint density at radius 1 is 1.15 bits per heavy atom. The molecule has 1 fully saturated rings. The number of nitrogens with zero attached hydrogens (tertiary/aromatic N) is 2. The molecular weight excluding hydrogens is 453 g/mol. The molecule has 1 aromatic heterocycles. The number of hydrogen-bond donors (Lipinski definition) is 2. The Labute approximate surface area is 190 Å². The predicted octanol–water partition coefficient (Wildman–Crippen LogP) is 2.63. The number of halogens is 3.